The Kier molecular flexibility index (Phi) is 5.41. The summed E-state index contributed by atoms with van der Waals surface area (Å²) in [5.74, 6) is 0.399. The number of carbonyl (C=O) groups excluding carboxylic acids is 2. The van der Waals surface area contributed by atoms with E-state index in [1.165, 1.54) is 11.3 Å². The number of amides is 2. The van der Waals surface area contributed by atoms with Gasteiger partial charge in [0.25, 0.3) is 0 Å². The highest BCUT2D eigenvalue weighted by Crippen LogP contribution is 2.31. The van der Waals surface area contributed by atoms with E-state index in [0.717, 1.165) is 37.9 Å². The average Bonchev–Trinajstić information content (AvgIpc) is 3.35. The maximum Gasteiger partial charge on any atom is 0.227 e. The minimum Gasteiger partial charge on any atom is -0.342 e. The molecule has 4 heterocycles. The third-order valence-corrected chi connectivity index (χ3v) is 6.01. The molecule has 28 heavy (non-hydrogen) atoms. The number of likely N-dealkylation sites (tertiary alicyclic amines) is 2. The Morgan fingerprint density at radius 3 is 2.82 bits per heavy atom. The topological polar surface area (TPSA) is 82.2 Å². The van der Waals surface area contributed by atoms with Crippen LogP contribution in [0.3, 0.4) is 0 Å². The van der Waals surface area contributed by atoms with E-state index >= 15 is 0 Å². The van der Waals surface area contributed by atoms with Crippen molar-refractivity contribution in [1.82, 2.24) is 25.0 Å². The third-order valence-electron chi connectivity index (χ3n) is 6.01. The van der Waals surface area contributed by atoms with Gasteiger partial charge in [-0.15, -0.1) is 0 Å². The first kappa shape index (κ1) is 18.7. The Hall–Kier alpha value is -2.70. The number of hydrogen-bond acceptors (Lipinski definition) is 4. The molecule has 2 aliphatic heterocycles. The summed E-state index contributed by atoms with van der Waals surface area (Å²) < 4.78 is 0. The summed E-state index contributed by atoms with van der Waals surface area (Å²) in [6.45, 7) is 4.67. The Morgan fingerprint density at radius 1 is 1.29 bits per heavy atom. The number of carbonyl (C=O) groups is 2. The van der Waals surface area contributed by atoms with Crippen molar-refractivity contribution in [1.29, 1.82) is 0 Å². The summed E-state index contributed by atoms with van der Waals surface area (Å²) in [7, 11) is 0. The van der Waals surface area contributed by atoms with Crippen molar-refractivity contribution in [3.8, 4) is 0 Å². The number of pyridine rings is 1. The van der Waals surface area contributed by atoms with Crippen LogP contribution in [0, 0.1) is 5.92 Å². The number of rotatable bonds is 5. The summed E-state index contributed by atoms with van der Waals surface area (Å²) in [5, 5.41) is 7.33. The van der Waals surface area contributed by atoms with Crippen molar-refractivity contribution in [3.63, 3.8) is 0 Å². The molecule has 2 amide bonds. The zero-order chi connectivity index (χ0) is 19.5. The van der Waals surface area contributed by atoms with Crippen LogP contribution in [0.15, 0.2) is 30.7 Å². The maximum atomic E-state index is 13.0. The van der Waals surface area contributed by atoms with Gasteiger partial charge in [0.1, 0.15) is 0 Å². The van der Waals surface area contributed by atoms with Gasteiger partial charge in [-0.1, -0.05) is 13.0 Å². The van der Waals surface area contributed by atoms with Gasteiger partial charge in [-0.25, -0.2) is 0 Å². The highest BCUT2D eigenvalue weighted by atomic mass is 16.2. The second-order valence-electron chi connectivity index (χ2n) is 7.80. The molecule has 0 bridgehead atoms. The first-order valence-electron chi connectivity index (χ1n) is 10.1. The molecule has 1 atom stereocenters. The van der Waals surface area contributed by atoms with Crippen LogP contribution in [-0.4, -0.2) is 56.4 Å². The van der Waals surface area contributed by atoms with Crippen LogP contribution in [0.5, 0.6) is 0 Å². The molecule has 0 aromatic carbocycles. The molecule has 2 saturated heterocycles. The van der Waals surface area contributed by atoms with E-state index in [9.17, 15) is 9.59 Å². The highest BCUT2D eigenvalue weighted by molar-refractivity contribution is 5.89. The molecule has 1 N–H and O–H groups in total. The predicted octanol–water partition coefficient (Wildman–Crippen LogP) is 2.12. The molecule has 2 fully saturated rings. The normalized spacial score (nSPS) is 20.8. The number of aromatic amines is 1. The van der Waals surface area contributed by atoms with Crippen molar-refractivity contribution in [3.05, 3.63) is 47.5 Å². The Bertz CT molecular complexity index is 826. The van der Waals surface area contributed by atoms with Gasteiger partial charge in [-0.05, 0) is 36.5 Å². The largest absolute Gasteiger partial charge is 0.342 e. The molecule has 2 aromatic rings. The van der Waals surface area contributed by atoms with E-state index in [4.69, 9.17) is 0 Å². The monoisotopic (exact) mass is 381 g/mol. The van der Waals surface area contributed by atoms with Gasteiger partial charge in [-0.2, -0.15) is 5.10 Å². The maximum absolute atomic E-state index is 13.0. The summed E-state index contributed by atoms with van der Waals surface area (Å²) in [5.41, 5.74) is 3.50. The lowest BCUT2D eigenvalue weighted by molar-refractivity contribution is -0.136. The Morgan fingerprint density at radius 2 is 2.11 bits per heavy atom. The Labute approximate surface area is 165 Å². The van der Waals surface area contributed by atoms with Gasteiger partial charge in [0.15, 0.2) is 0 Å². The van der Waals surface area contributed by atoms with Crippen LogP contribution in [-0.2, 0) is 22.6 Å². The summed E-state index contributed by atoms with van der Waals surface area (Å²) in [6.07, 6.45) is 8.59. The molecule has 2 aromatic heterocycles. The molecule has 7 nitrogen and oxygen atoms in total. The second kappa shape index (κ2) is 8.12. The number of aryl methyl sites for hydroxylation is 1. The fourth-order valence-corrected chi connectivity index (χ4v) is 4.41. The van der Waals surface area contributed by atoms with Gasteiger partial charge < -0.3 is 9.80 Å². The third kappa shape index (κ3) is 3.79. The van der Waals surface area contributed by atoms with Gasteiger partial charge in [-0.3, -0.25) is 19.7 Å². The quantitative estimate of drug-likeness (QED) is 0.860. The minimum absolute atomic E-state index is 0.0575. The van der Waals surface area contributed by atoms with Crippen LogP contribution < -0.4 is 0 Å². The molecule has 4 rings (SSSR count). The van der Waals surface area contributed by atoms with Crippen LogP contribution >= 0.6 is 0 Å². The second-order valence-corrected chi connectivity index (χ2v) is 7.80. The van der Waals surface area contributed by atoms with E-state index < -0.39 is 0 Å². The molecule has 0 spiro atoms. The average molecular weight is 381 g/mol. The minimum atomic E-state index is -0.223. The van der Waals surface area contributed by atoms with Crippen LogP contribution in [0.4, 0.5) is 0 Å². The molecular weight excluding hydrogens is 354 g/mol. The lowest BCUT2D eigenvalue weighted by atomic mass is 9.90. The molecule has 7 heteroatoms. The number of piperidine rings is 1. The molecule has 148 valence electrons. The number of aromatic nitrogens is 3. The molecule has 2 aliphatic rings. The van der Waals surface area contributed by atoms with Gasteiger partial charge >= 0.3 is 0 Å². The van der Waals surface area contributed by atoms with Gasteiger partial charge in [0.05, 0.1) is 12.1 Å². The van der Waals surface area contributed by atoms with E-state index in [2.05, 4.69) is 22.1 Å². The Balaban J connectivity index is 1.32. The summed E-state index contributed by atoms with van der Waals surface area (Å²) in [6, 6.07) is 3.83. The predicted molar refractivity (Wildman–Crippen MR) is 104 cm³/mol. The number of H-pyrrole nitrogens is 1. The van der Waals surface area contributed by atoms with E-state index in [-0.39, 0.29) is 17.7 Å². The molecule has 0 aliphatic carbocycles. The fraction of sp³-hybridized carbons (Fsp3) is 0.524. The van der Waals surface area contributed by atoms with E-state index in [0.29, 0.717) is 25.4 Å². The standard InChI is InChI=1S/C21H27N5O2/c1-2-16-12-23-24-20(16)17-5-8-25(9-6-17)21(28)18-10-19(27)26(14-18)13-15-4-3-7-22-11-15/h3-4,7,11-12,17-18H,2,5-6,8-10,13-14H2,1H3,(H,23,24)/t18-/m1/s1. The van der Waals surface area contributed by atoms with Crippen molar-refractivity contribution in [2.45, 2.75) is 45.1 Å². The van der Waals surface area contributed by atoms with E-state index in [1.54, 1.807) is 17.3 Å². The molecule has 0 unspecified atom stereocenters. The molecule has 0 saturated carbocycles. The van der Waals surface area contributed by atoms with Gasteiger partial charge in [0, 0.05) is 56.6 Å². The smallest absolute Gasteiger partial charge is 0.227 e. The molecular formula is C21H27N5O2. The van der Waals surface area contributed by atoms with Crippen molar-refractivity contribution in [2.24, 2.45) is 5.92 Å². The van der Waals surface area contributed by atoms with Gasteiger partial charge in [0.2, 0.25) is 11.8 Å². The highest BCUT2D eigenvalue weighted by Gasteiger charge is 2.37. The number of nitrogens with one attached hydrogen (secondary N) is 1. The number of nitrogens with zero attached hydrogens (tertiary/aromatic N) is 4. The summed E-state index contributed by atoms with van der Waals surface area (Å²) in [4.78, 5) is 33.2. The lowest BCUT2D eigenvalue weighted by Crippen LogP contribution is -2.42. The summed E-state index contributed by atoms with van der Waals surface area (Å²) >= 11 is 0. The number of hydrogen-bond donors (Lipinski definition) is 1. The lowest BCUT2D eigenvalue weighted by Gasteiger charge is -2.33. The zero-order valence-electron chi connectivity index (χ0n) is 16.3. The van der Waals surface area contributed by atoms with E-state index in [1.807, 2.05) is 23.2 Å². The van der Waals surface area contributed by atoms with Crippen molar-refractivity contribution in [2.75, 3.05) is 19.6 Å². The first-order chi connectivity index (χ1) is 13.7. The zero-order valence-corrected chi connectivity index (χ0v) is 16.3. The van der Waals surface area contributed by atoms with Crippen molar-refractivity contribution >= 4 is 11.8 Å². The SMILES string of the molecule is CCc1cn[nH]c1C1CCN(C(=O)[C@@H]2CC(=O)N(Cc3cccnc3)C2)CC1. The molecule has 0 radical (unpaired) electrons. The van der Waals surface area contributed by atoms with Crippen LogP contribution in [0.2, 0.25) is 0 Å². The van der Waals surface area contributed by atoms with Crippen LogP contribution in [0.1, 0.15) is 48.9 Å². The fourth-order valence-electron chi connectivity index (χ4n) is 4.41. The van der Waals surface area contributed by atoms with Crippen molar-refractivity contribution < 1.29 is 9.59 Å². The first-order valence-corrected chi connectivity index (χ1v) is 10.1. The van der Waals surface area contributed by atoms with Crippen LogP contribution in [0.25, 0.3) is 0 Å².